The zero-order valence-electron chi connectivity index (χ0n) is 31.5. The Bertz CT molecular complexity index is 3020. The van der Waals surface area contributed by atoms with Gasteiger partial charge in [0.1, 0.15) is 0 Å². The van der Waals surface area contributed by atoms with Gasteiger partial charge in [-0.2, -0.15) is 0 Å². The summed E-state index contributed by atoms with van der Waals surface area (Å²) in [4.78, 5) is 4.62. The molecule has 0 fully saturated rings. The first-order valence-electron chi connectivity index (χ1n) is 19.4. The quantitative estimate of drug-likeness (QED) is 0.0811. The number of rotatable bonds is 4. The van der Waals surface area contributed by atoms with Gasteiger partial charge in [0, 0.05) is 32.9 Å². The molecule has 10 aromatic rings. The first-order valence-corrected chi connectivity index (χ1v) is 19.4. The van der Waals surface area contributed by atoms with Crippen LogP contribution in [0.15, 0.2) is 182 Å². The van der Waals surface area contributed by atoms with Crippen molar-refractivity contribution in [1.82, 2.24) is 0 Å². The lowest BCUT2D eigenvalue weighted by molar-refractivity contribution is 1.17. The lowest BCUT2D eigenvalue weighted by Crippen LogP contribution is -2.23. The highest BCUT2D eigenvalue weighted by Crippen LogP contribution is 2.55. The second-order valence-electron chi connectivity index (χ2n) is 15.0. The van der Waals surface area contributed by atoms with Gasteiger partial charge in [0.15, 0.2) is 0 Å². The Labute approximate surface area is 335 Å². The molecule has 1 aliphatic rings. The average molecular weight is 747 g/mol. The van der Waals surface area contributed by atoms with Crippen LogP contribution in [0.1, 0.15) is 0 Å². The number of nitrogen functional groups attached to an aromatic ring is 4. The monoisotopic (exact) mass is 746 g/mol. The van der Waals surface area contributed by atoms with Crippen LogP contribution in [0.2, 0.25) is 0 Å². The third-order valence-corrected chi connectivity index (χ3v) is 11.8. The molecular formula is C52H38N6. The Morgan fingerprint density at radius 1 is 0.241 bits per heavy atom. The highest BCUT2D eigenvalue weighted by Gasteiger charge is 2.31. The number of hydrogen-bond donors (Lipinski definition) is 4. The molecule has 0 spiro atoms. The maximum absolute atomic E-state index is 6.92. The fourth-order valence-electron chi connectivity index (χ4n) is 8.96. The van der Waals surface area contributed by atoms with Crippen molar-refractivity contribution in [2.75, 3.05) is 32.7 Å². The lowest BCUT2D eigenvalue weighted by atomic mass is 9.94. The lowest BCUT2D eigenvalue weighted by Gasteiger charge is -2.40. The Morgan fingerprint density at radius 2 is 0.534 bits per heavy atom. The summed E-state index contributed by atoms with van der Waals surface area (Å²) in [5, 5.41) is 7.98. The fraction of sp³-hybridized carbons (Fsp3) is 0. The normalized spacial score (nSPS) is 12.3. The van der Waals surface area contributed by atoms with E-state index in [2.05, 4.69) is 155 Å². The summed E-state index contributed by atoms with van der Waals surface area (Å²) < 4.78 is 0. The summed E-state index contributed by atoms with van der Waals surface area (Å²) in [7, 11) is 0. The van der Waals surface area contributed by atoms with Gasteiger partial charge in [0.2, 0.25) is 0 Å². The van der Waals surface area contributed by atoms with Crippen LogP contribution in [0.25, 0.3) is 65.3 Å². The number of nitrogens with zero attached hydrogens (tertiary/aromatic N) is 2. The molecule has 8 N–H and O–H groups in total. The van der Waals surface area contributed by atoms with Gasteiger partial charge in [0.05, 0.1) is 45.5 Å². The molecule has 0 atom stereocenters. The number of fused-ring (bicyclic) bond motifs is 8. The zero-order chi connectivity index (χ0) is 39.1. The van der Waals surface area contributed by atoms with E-state index in [1.165, 1.54) is 0 Å². The van der Waals surface area contributed by atoms with Crippen molar-refractivity contribution < 1.29 is 0 Å². The van der Waals surface area contributed by atoms with Crippen molar-refractivity contribution in [3.8, 4) is 22.3 Å². The van der Waals surface area contributed by atoms with Gasteiger partial charge in [-0.3, -0.25) is 0 Å². The van der Waals surface area contributed by atoms with Gasteiger partial charge in [0.25, 0.3) is 0 Å². The van der Waals surface area contributed by atoms with Crippen molar-refractivity contribution in [3.05, 3.63) is 182 Å². The third-order valence-electron chi connectivity index (χ3n) is 11.8. The Hall–Kier alpha value is -7.96. The summed E-state index contributed by atoms with van der Waals surface area (Å²) in [5.74, 6) is 0. The fourth-order valence-corrected chi connectivity index (χ4v) is 8.96. The number of benzene rings is 10. The minimum Gasteiger partial charge on any atom is -0.397 e. The van der Waals surface area contributed by atoms with E-state index in [1.54, 1.807) is 0 Å². The molecule has 0 radical (unpaired) electrons. The molecule has 1 heterocycles. The first kappa shape index (κ1) is 33.4. The zero-order valence-corrected chi connectivity index (χ0v) is 31.5. The van der Waals surface area contributed by atoms with Crippen LogP contribution in [0.4, 0.5) is 56.9 Å². The number of nitrogens with two attached hydrogens (primary N) is 4. The van der Waals surface area contributed by atoms with E-state index in [-0.39, 0.29) is 0 Å². The largest absolute Gasteiger partial charge is 0.397 e. The second kappa shape index (κ2) is 12.8. The van der Waals surface area contributed by atoms with E-state index in [0.29, 0.717) is 22.7 Å². The maximum Gasteiger partial charge on any atom is 0.0703 e. The van der Waals surface area contributed by atoms with E-state index < -0.39 is 0 Å². The SMILES string of the molecule is Nc1c(N)c2cc(N3c4ccccc4N(c4ccc5c(c4)c(N)c(N)c4cc(-c6ccccc6)ccc45)c4ccccc43)ccc2c2ccc(-c3ccccc3)cc12. The predicted octanol–water partition coefficient (Wildman–Crippen LogP) is 13.2. The Kier molecular flexibility index (Phi) is 7.37. The molecule has 0 unspecified atom stereocenters. The highest BCUT2D eigenvalue weighted by molar-refractivity contribution is 6.22. The average Bonchev–Trinajstić information content (AvgIpc) is 3.29. The minimum absolute atomic E-state index is 0.576. The van der Waals surface area contributed by atoms with Crippen LogP contribution in [-0.4, -0.2) is 0 Å². The van der Waals surface area contributed by atoms with Crippen LogP contribution in [0.3, 0.4) is 0 Å². The molecule has 0 bridgehead atoms. The van der Waals surface area contributed by atoms with Gasteiger partial charge in [-0.05, 0) is 104 Å². The molecule has 6 nitrogen and oxygen atoms in total. The van der Waals surface area contributed by atoms with E-state index in [9.17, 15) is 0 Å². The number of hydrogen-bond acceptors (Lipinski definition) is 6. The molecule has 0 aromatic heterocycles. The predicted molar refractivity (Wildman–Crippen MR) is 248 cm³/mol. The standard InChI is InChI=1S/C52H38N6/c53-49-41-27-33(31-11-3-1-4-12-31)19-23-37(41)39-25-21-35(29-43(39)51(49)55)57-45-15-7-9-17-47(45)58(48-18-10-8-16-46(48)57)36-22-26-40-38-24-20-34(32-13-5-2-6-14-32)28-42(38)50(54)52(56)44(40)30-36/h1-30H,53-56H2. The van der Waals surface area contributed by atoms with Crippen LogP contribution >= 0.6 is 0 Å². The molecule has 0 saturated carbocycles. The summed E-state index contributed by atoms with van der Waals surface area (Å²) in [5.41, 5.74) is 40.4. The second-order valence-corrected chi connectivity index (χ2v) is 15.0. The van der Waals surface area contributed by atoms with E-state index in [1.807, 2.05) is 36.4 Å². The topological polar surface area (TPSA) is 111 Å². The van der Waals surface area contributed by atoms with Crippen molar-refractivity contribution in [2.45, 2.75) is 0 Å². The molecule has 6 heteroatoms. The molecule has 11 rings (SSSR count). The molecule has 0 saturated heterocycles. The molecule has 0 amide bonds. The smallest absolute Gasteiger partial charge is 0.0703 e. The van der Waals surface area contributed by atoms with E-state index in [0.717, 1.165) is 99.5 Å². The molecule has 276 valence electrons. The molecule has 58 heavy (non-hydrogen) atoms. The maximum atomic E-state index is 6.92. The summed E-state index contributed by atoms with van der Waals surface area (Å²) >= 11 is 0. The molecule has 1 aliphatic heterocycles. The van der Waals surface area contributed by atoms with E-state index in [4.69, 9.17) is 22.9 Å². The van der Waals surface area contributed by atoms with Crippen LogP contribution in [-0.2, 0) is 0 Å². The molecule has 0 aliphatic carbocycles. The summed E-state index contributed by atoms with van der Waals surface area (Å²) in [6.07, 6.45) is 0. The Morgan fingerprint density at radius 3 is 0.879 bits per heavy atom. The first-order chi connectivity index (χ1) is 28.4. The highest BCUT2D eigenvalue weighted by atomic mass is 15.3. The Balaban J connectivity index is 1.04. The van der Waals surface area contributed by atoms with Gasteiger partial charge >= 0.3 is 0 Å². The van der Waals surface area contributed by atoms with Crippen LogP contribution in [0, 0.1) is 0 Å². The minimum atomic E-state index is 0.576. The number of anilines is 10. The molecule has 10 aromatic carbocycles. The van der Waals surface area contributed by atoms with Gasteiger partial charge < -0.3 is 32.7 Å². The van der Waals surface area contributed by atoms with E-state index >= 15 is 0 Å². The van der Waals surface area contributed by atoms with Gasteiger partial charge in [-0.25, -0.2) is 0 Å². The van der Waals surface area contributed by atoms with Crippen LogP contribution in [0.5, 0.6) is 0 Å². The summed E-state index contributed by atoms with van der Waals surface area (Å²) in [6.45, 7) is 0. The van der Waals surface area contributed by atoms with Crippen molar-refractivity contribution in [3.63, 3.8) is 0 Å². The van der Waals surface area contributed by atoms with Crippen LogP contribution < -0.4 is 32.7 Å². The third kappa shape index (κ3) is 4.98. The number of para-hydroxylation sites is 4. The van der Waals surface area contributed by atoms with Gasteiger partial charge in [-0.15, -0.1) is 0 Å². The van der Waals surface area contributed by atoms with Crippen molar-refractivity contribution >= 4 is 100.0 Å². The summed E-state index contributed by atoms with van der Waals surface area (Å²) in [6, 6.07) is 63.6. The molecular weight excluding hydrogens is 709 g/mol. The van der Waals surface area contributed by atoms with Crippen molar-refractivity contribution in [1.29, 1.82) is 0 Å². The van der Waals surface area contributed by atoms with Gasteiger partial charge in [-0.1, -0.05) is 121 Å². The van der Waals surface area contributed by atoms with Crippen molar-refractivity contribution in [2.24, 2.45) is 0 Å².